The van der Waals surface area contributed by atoms with E-state index in [1.54, 1.807) is 0 Å². The lowest BCUT2D eigenvalue weighted by atomic mass is 9.90. The first-order valence-corrected chi connectivity index (χ1v) is 9.93. The van der Waals surface area contributed by atoms with Gasteiger partial charge in [-0.3, -0.25) is 4.90 Å². The maximum absolute atomic E-state index is 3.81. The quantitative estimate of drug-likeness (QED) is 0.775. The first-order chi connectivity index (χ1) is 10.1. The Balaban J connectivity index is 2.10. The van der Waals surface area contributed by atoms with Gasteiger partial charge in [0.15, 0.2) is 0 Å². The van der Waals surface area contributed by atoms with Gasteiger partial charge in [-0.1, -0.05) is 40.5 Å². The van der Waals surface area contributed by atoms with Crippen LogP contribution in [0.3, 0.4) is 0 Å². The van der Waals surface area contributed by atoms with Gasteiger partial charge in [0.05, 0.1) is 0 Å². The number of hydrogen-bond acceptors (Lipinski definition) is 3. The summed E-state index contributed by atoms with van der Waals surface area (Å²) >= 11 is 5.56. The van der Waals surface area contributed by atoms with Crippen molar-refractivity contribution < 1.29 is 0 Å². The van der Waals surface area contributed by atoms with Crippen LogP contribution in [0.2, 0.25) is 0 Å². The molecule has 0 spiro atoms. The average molecular weight is 373 g/mol. The van der Waals surface area contributed by atoms with Crippen LogP contribution in [0.1, 0.15) is 45.4 Å². The van der Waals surface area contributed by atoms with Gasteiger partial charge in [-0.05, 0) is 39.2 Å². The van der Waals surface area contributed by atoms with E-state index in [1.165, 1.54) is 28.7 Å². The third-order valence-electron chi connectivity index (χ3n) is 5.16. The largest absolute Gasteiger partial charge is 0.311 e. The number of hydrogen-bond donors (Lipinski definition) is 1. The lowest BCUT2D eigenvalue weighted by molar-refractivity contribution is 0.0700. The maximum atomic E-state index is 3.81. The highest BCUT2D eigenvalue weighted by molar-refractivity contribution is 9.10. The molecule has 1 aromatic rings. The summed E-state index contributed by atoms with van der Waals surface area (Å²) in [5.41, 5.74) is 0. The average Bonchev–Trinajstić information content (AvgIpc) is 2.90. The van der Waals surface area contributed by atoms with Crippen molar-refractivity contribution in [1.82, 2.24) is 10.2 Å². The standard InChI is InChI=1S/C17H29BrN2S/c1-5-12(3)15-10-20(11-17-14(18)7-8-21-17)16(9-19-15)13(4)6-2/h7-8,12-13,15-16,19H,5-6,9-11H2,1-4H3. The summed E-state index contributed by atoms with van der Waals surface area (Å²) in [7, 11) is 0. The van der Waals surface area contributed by atoms with Crippen LogP contribution in [0.15, 0.2) is 15.9 Å². The monoisotopic (exact) mass is 372 g/mol. The van der Waals surface area contributed by atoms with Crippen LogP contribution in [-0.4, -0.2) is 30.1 Å². The fourth-order valence-corrected chi connectivity index (χ4v) is 4.66. The number of nitrogens with zero attached hydrogens (tertiary/aromatic N) is 1. The van der Waals surface area contributed by atoms with Crippen molar-refractivity contribution >= 4 is 27.3 Å². The maximum Gasteiger partial charge on any atom is 0.0343 e. The van der Waals surface area contributed by atoms with Crippen molar-refractivity contribution in [3.63, 3.8) is 0 Å². The van der Waals surface area contributed by atoms with Crippen LogP contribution < -0.4 is 5.32 Å². The Morgan fingerprint density at radius 3 is 2.62 bits per heavy atom. The molecule has 0 saturated carbocycles. The van der Waals surface area contributed by atoms with Crippen molar-refractivity contribution in [3.8, 4) is 0 Å². The van der Waals surface area contributed by atoms with E-state index >= 15 is 0 Å². The zero-order chi connectivity index (χ0) is 15.4. The van der Waals surface area contributed by atoms with Crippen LogP contribution in [0.25, 0.3) is 0 Å². The summed E-state index contributed by atoms with van der Waals surface area (Å²) in [5, 5.41) is 6.00. The highest BCUT2D eigenvalue weighted by Crippen LogP contribution is 2.28. The molecule has 0 radical (unpaired) electrons. The minimum Gasteiger partial charge on any atom is -0.311 e. The minimum atomic E-state index is 0.633. The Morgan fingerprint density at radius 2 is 2.05 bits per heavy atom. The zero-order valence-electron chi connectivity index (χ0n) is 13.7. The lowest BCUT2D eigenvalue weighted by Gasteiger charge is -2.44. The molecule has 4 unspecified atom stereocenters. The fraction of sp³-hybridized carbons (Fsp3) is 0.765. The van der Waals surface area contributed by atoms with Gasteiger partial charge >= 0.3 is 0 Å². The first kappa shape index (κ1) is 17.5. The number of thiophene rings is 1. The number of nitrogens with one attached hydrogen (secondary N) is 1. The number of halogens is 1. The van der Waals surface area contributed by atoms with Crippen molar-refractivity contribution in [2.45, 2.75) is 59.2 Å². The minimum absolute atomic E-state index is 0.633. The van der Waals surface area contributed by atoms with Gasteiger partial charge in [-0.25, -0.2) is 0 Å². The van der Waals surface area contributed by atoms with Gasteiger partial charge < -0.3 is 5.32 Å². The summed E-state index contributed by atoms with van der Waals surface area (Å²) < 4.78 is 1.27. The normalized spacial score (nSPS) is 26.7. The molecule has 0 aromatic carbocycles. The summed E-state index contributed by atoms with van der Waals surface area (Å²) in [6, 6.07) is 3.46. The van der Waals surface area contributed by atoms with E-state index in [2.05, 4.69) is 65.3 Å². The molecule has 1 aliphatic rings. The molecule has 0 amide bonds. The molecule has 0 aliphatic carbocycles. The lowest BCUT2D eigenvalue weighted by Crippen LogP contribution is -2.59. The molecule has 21 heavy (non-hydrogen) atoms. The predicted molar refractivity (Wildman–Crippen MR) is 96.9 cm³/mol. The molecule has 4 heteroatoms. The molecule has 1 saturated heterocycles. The SMILES string of the molecule is CCC(C)C1CN(Cc2sccc2Br)C(C(C)CC)CN1. The zero-order valence-corrected chi connectivity index (χ0v) is 16.1. The van der Waals surface area contributed by atoms with E-state index in [4.69, 9.17) is 0 Å². The molecule has 1 fully saturated rings. The van der Waals surface area contributed by atoms with E-state index in [0.717, 1.165) is 24.9 Å². The smallest absolute Gasteiger partial charge is 0.0343 e. The highest BCUT2D eigenvalue weighted by atomic mass is 79.9. The van der Waals surface area contributed by atoms with Crippen LogP contribution >= 0.6 is 27.3 Å². The summed E-state index contributed by atoms with van der Waals surface area (Å²) in [4.78, 5) is 4.19. The van der Waals surface area contributed by atoms with E-state index < -0.39 is 0 Å². The molecule has 1 aliphatic heterocycles. The highest BCUT2D eigenvalue weighted by Gasteiger charge is 2.32. The molecule has 2 heterocycles. The first-order valence-electron chi connectivity index (χ1n) is 8.26. The van der Waals surface area contributed by atoms with E-state index in [0.29, 0.717) is 12.1 Å². The molecule has 0 bridgehead atoms. The Hall–Kier alpha value is 0.1000. The van der Waals surface area contributed by atoms with Gasteiger partial charge in [0.1, 0.15) is 0 Å². The molecule has 120 valence electrons. The predicted octanol–water partition coefficient (Wildman–Crippen LogP) is 4.75. The summed E-state index contributed by atoms with van der Waals surface area (Å²) in [5.74, 6) is 1.49. The summed E-state index contributed by atoms with van der Waals surface area (Å²) in [6.45, 7) is 12.8. The van der Waals surface area contributed by atoms with Gasteiger partial charge in [0.2, 0.25) is 0 Å². The van der Waals surface area contributed by atoms with Crippen molar-refractivity contribution in [3.05, 3.63) is 20.8 Å². The molecular formula is C17H29BrN2S. The molecule has 1 aromatic heterocycles. The van der Waals surface area contributed by atoms with E-state index in [9.17, 15) is 0 Å². The van der Waals surface area contributed by atoms with Gasteiger partial charge in [0, 0.05) is 41.1 Å². The second-order valence-corrected chi connectivity index (χ2v) is 8.33. The van der Waals surface area contributed by atoms with Crippen LogP contribution in [0, 0.1) is 11.8 Å². The van der Waals surface area contributed by atoms with E-state index in [1.807, 2.05) is 11.3 Å². The topological polar surface area (TPSA) is 15.3 Å². The fourth-order valence-electron chi connectivity index (χ4n) is 3.16. The van der Waals surface area contributed by atoms with Crippen LogP contribution in [-0.2, 0) is 6.54 Å². The number of piperazine rings is 1. The number of rotatable bonds is 6. The Bertz CT molecular complexity index is 434. The molecule has 2 nitrogen and oxygen atoms in total. The van der Waals surface area contributed by atoms with Crippen LogP contribution in [0.5, 0.6) is 0 Å². The van der Waals surface area contributed by atoms with Gasteiger partial charge in [0.25, 0.3) is 0 Å². The second-order valence-electron chi connectivity index (χ2n) is 6.47. The molecule has 2 rings (SSSR count). The third kappa shape index (κ3) is 4.31. The summed E-state index contributed by atoms with van der Waals surface area (Å²) in [6.07, 6.45) is 2.50. The molecule has 4 atom stereocenters. The second kappa shape index (κ2) is 8.09. The van der Waals surface area contributed by atoms with Crippen molar-refractivity contribution in [2.24, 2.45) is 11.8 Å². The van der Waals surface area contributed by atoms with Gasteiger partial charge in [-0.15, -0.1) is 11.3 Å². The molecular weight excluding hydrogens is 344 g/mol. The van der Waals surface area contributed by atoms with Gasteiger partial charge in [-0.2, -0.15) is 0 Å². The Morgan fingerprint density at radius 1 is 1.33 bits per heavy atom. The Kier molecular flexibility index (Phi) is 6.73. The molecule has 1 N–H and O–H groups in total. The van der Waals surface area contributed by atoms with Crippen molar-refractivity contribution in [1.29, 1.82) is 0 Å². The van der Waals surface area contributed by atoms with Crippen LogP contribution in [0.4, 0.5) is 0 Å². The third-order valence-corrected chi connectivity index (χ3v) is 7.07. The van der Waals surface area contributed by atoms with E-state index in [-0.39, 0.29) is 0 Å². The van der Waals surface area contributed by atoms with Crippen molar-refractivity contribution in [2.75, 3.05) is 13.1 Å². The Labute approximate surface area is 142 Å².